The van der Waals surface area contributed by atoms with Gasteiger partial charge in [-0.1, -0.05) is 11.3 Å². The van der Waals surface area contributed by atoms with Crippen molar-refractivity contribution in [1.29, 1.82) is 0 Å². The van der Waals surface area contributed by atoms with Crippen LogP contribution in [-0.4, -0.2) is 39.5 Å². The molecule has 0 fully saturated rings. The monoisotopic (exact) mass is 449 g/mol. The molecule has 0 unspecified atom stereocenters. The number of alkyl halides is 3. The maximum atomic E-state index is 13.5. The van der Waals surface area contributed by atoms with E-state index in [0.29, 0.717) is 22.9 Å². The number of carbonyl (C=O) groups is 1. The molecule has 0 saturated heterocycles. The van der Waals surface area contributed by atoms with Crippen molar-refractivity contribution in [3.05, 3.63) is 58.8 Å². The Labute approximate surface area is 180 Å². The van der Waals surface area contributed by atoms with Crippen molar-refractivity contribution in [2.24, 2.45) is 0 Å². The van der Waals surface area contributed by atoms with E-state index >= 15 is 0 Å². The molecular weight excluding hydrogens is 430 g/mol. The summed E-state index contributed by atoms with van der Waals surface area (Å²) >= 11 is 0. The van der Waals surface area contributed by atoms with E-state index in [1.165, 1.54) is 10.7 Å². The Bertz CT molecular complexity index is 1180. The van der Waals surface area contributed by atoms with E-state index in [1.807, 2.05) is 18.0 Å². The average molecular weight is 449 g/mol. The molecule has 32 heavy (non-hydrogen) atoms. The van der Waals surface area contributed by atoms with E-state index < -0.39 is 17.6 Å². The normalized spacial score (nSPS) is 13.7. The lowest BCUT2D eigenvalue weighted by Crippen LogP contribution is -2.36. The third-order valence-electron chi connectivity index (χ3n) is 4.95. The first-order valence-electron chi connectivity index (χ1n) is 9.61. The first kappa shape index (κ1) is 21.5. The van der Waals surface area contributed by atoms with Crippen molar-refractivity contribution < 1.29 is 22.4 Å². The Balaban J connectivity index is 1.44. The lowest BCUT2D eigenvalue weighted by Gasteiger charge is -2.28. The van der Waals surface area contributed by atoms with Crippen molar-refractivity contribution in [1.82, 2.24) is 20.0 Å². The Kier molecular flexibility index (Phi) is 5.45. The molecule has 3 heterocycles. The Morgan fingerprint density at radius 1 is 1.25 bits per heavy atom. The first-order chi connectivity index (χ1) is 15.1. The molecular formula is C20H19F4N7O. The van der Waals surface area contributed by atoms with Crippen LogP contribution >= 0.6 is 0 Å². The van der Waals surface area contributed by atoms with Gasteiger partial charge in [-0.3, -0.25) is 4.79 Å². The predicted octanol–water partition coefficient (Wildman–Crippen LogP) is 3.19. The van der Waals surface area contributed by atoms with Gasteiger partial charge in [0.25, 0.3) is 0 Å². The minimum atomic E-state index is -4.77. The molecule has 8 nitrogen and oxygen atoms in total. The number of aryl methyl sites for hydroxylation is 1. The number of anilines is 3. The minimum absolute atomic E-state index is 0.0110. The summed E-state index contributed by atoms with van der Waals surface area (Å²) in [5.74, 6) is -0.847. The number of carbonyl (C=O) groups excluding carboxylic acids is 1. The van der Waals surface area contributed by atoms with E-state index in [-0.39, 0.29) is 31.1 Å². The highest BCUT2D eigenvalue weighted by Gasteiger charge is 2.34. The van der Waals surface area contributed by atoms with Gasteiger partial charge in [-0.2, -0.15) is 13.2 Å². The van der Waals surface area contributed by atoms with Crippen LogP contribution in [0.5, 0.6) is 0 Å². The molecule has 0 radical (unpaired) electrons. The van der Waals surface area contributed by atoms with Crippen LogP contribution in [0.3, 0.4) is 0 Å². The van der Waals surface area contributed by atoms with Gasteiger partial charge in [0.2, 0.25) is 5.91 Å². The maximum absolute atomic E-state index is 13.5. The molecule has 2 aromatic heterocycles. The summed E-state index contributed by atoms with van der Waals surface area (Å²) in [6, 6.07) is 4.65. The quantitative estimate of drug-likeness (QED) is 0.582. The van der Waals surface area contributed by atoms with Gasteiger partial charge in [0, 0.05) is 13.1 Å². The van der Waals surface area contributed by atoms with Crippen molar-refractivity contribution >= 4 is 23.1 Å². The smallest absolute Gasteiger partial charge is 0.364 e. The third-order valence-corrected chi connectivity index (χ3v) is 4.95. The second-order valence-electron chi connectivity index (χ2n) is 7.46. The molecule has 0 aliphatic carbocycles. The molecule has 0 atom stereocenters. The molecule has 4 rings (SSSR count). The number of fused-ring (bicyclic) bond motifs is 1. The van der Waals surface area contributed by atoms with Crippen molar-refractivity contribution in [3.8, 4) is 0 Å². The molecule has 0 bridgehead atoms. The van der Waals surface area contributed by atoms with E-state index in [4.69, 9.17) is 0 Å². The molecule has 1 aliphatic heterocycles. The summed E-state index contributed by atoms with van der Waals surface area (Å²) in [6.45, 7) is 2.32. The Morgan fingerprint density at radius 2 is 2.03 bits per heavy atom. The average Bonchev–Trinajstić information content (AvgIpc) is 3.15. The third kappa shape index (κ3) is 4.48. The molecule has 168 valence electrons. The number of hydrogen-bond donors (Lipinski definition) is 2. The van der Waals surface area contributed by atoms with Crippen LogP contribution in [0.2, 0.25) is 0 Å². The number of halogens is 4. The second kappa shape index (κ2) is 8.09. The van der Waals surface area contributed by atoms with Crippen LogP contribution in [0.4, 0.5) is 34.8 Å². The van der Waals surface area contributed by atoms with E-state index in [1.54, 1.807) is 13.1 Å². The molecule has 0 saturated carbocycles. The minimum Gasteiger partial charge on any atom is -0.364 e. The number of rotatable bonds is 5. The highest BCUT2D eigenvalue weighted by Crippen LogP contribution is 2.33. The van der Waals surface area contributed by atoms with E-state index in [2.05, 4.69) is 25.9 Å². The molecule has 3 aromatic rings. The Hall–Kier alpha value is -3.70. The molecule has 12 heteroatoms. The fourth-order valence-electron chi connectivity index (χ4n) is 3.43. The topological polar surface area (TPSA) is 88.0 Å². The number of hydrogen-bond acceptors (Lipinski definition) is 6. The van der Waals surface area contributed by atoms with Crippen LogP contribution < -0.4 is 15.5 Å². The van der Waals surface area contributed by atoms with Gasteiger partial charge in [-0.05, 0) is 24.6 Å². The predicted molar refractivity (Wildman–Crippen MR) is 109 cm³/mol. The maximum Gasteiger partial charge on any atom is 0.419 e. The van der Waals surface area contributed by atoms with Crippen LogP contribution in [0.15, 0.2) is 30.5 Å². The number of nitrogens with one attached hydrogen (secondary N) is 2. The number of benzene rings is 1. The number of pyridine rings is 1. The van der Waals surface area contributed by atoms with Gasteiger partial charge in [-0.15, -0.1) is 5.10 Å². The fraction of sp³-hybridized carbons (Fsp3) is 0.300. The van der Waals surface area contributed by atoms with E-state index in [0.717, 1.165) is 17.8 Å². The summed E-state index contributed by atoms with van der Waals surface area (Å²) in [4.78, 5) is 18.0. The van der Waals surface area contributed by atoms with Crippen molar-refractivity contribution in [2.75, 3.05) is 29.1 Å². The summed E-state index contributed by atoms with van der Waals surface area (Å²) in [7, 11) is 1.81. The lowest BCUT2D eigenvalue weighted by molar-refractivity contribution is -0.140. The first-order valence-corrected chi connectivity index (χ1v) is 9.61. The standard InChI is InChI=1S/C20H19F4N7O/c1-11-19-16(30(2)10-18(32)27-19)6-17(26-11)25-7-13-9-31(29-28-13)8-12-3-4-15(21)14(5-12)20(22,23)24/h3-6,9H,7-8,10H2,1-2H3,(H,25,26)(H,27,32). The summed E-state index contributed by atoms with van der Waals surface area (Å²) in [5.41, 5.74) is 1.64. The van der Waals surface area contributed by atoms with Crippen molar-refractivity contribution in [2.45, 2.75) is 26.2 Å². The van der Waals surface area contributed by atoms with E-state index in [9.17, 15) is 22.4 Å². The molecule has 1 amide bonds. The van der Waals surface area contributed by atoms with Crippen molar-refractivity contribution in [3.63, 3.8) is 0 Å². The van der Waals surface area contributed by atoms with Crippen LogP contribution in [0.1, 0.15) is 22.5 Å². The molecule has 1 aliphatic rings. The zero-order chi connectivity index (χ0) is 23.0. The molecule has 1 aromatic carbocycles. The Morgan fingerprint density at radius 3 is 2.78 bits per heavy atom. The second-order valence-corrected chi connectivity index (χ2v) is 7.46. The summed E-state index contributed by atoms with van der Waals surface area (Å²) < 4.78 is 53.5. The zero-order valence-electron chi connectivity index (χ0n) is 17.2. The highest BCUT2D eigenvalue weighted by atomic mass is 19.4. The highest BCUT2D eigenvalue weighted by molar-refractivity contribution is 6.02. The van der Waals surface area contributed by atoms with Gasteiger partial charge < -0.3 is 15.5 Å². The number of nitrogens with zero attached hydrogens (tertiary/aromatic N) is 5. The van der Waals surface area contributed by atoms with Gasteiger partial charge in [0.1, 0.15) is 17.3 Å². The zero-order valence-corrected chi connectivity index (χ0v) is 17.2. The van der Waals surface area contributed by atoms with Gasteiger partial charge in [-0.25, -0.2) is 14.1 Å². The largest absolute Gasteiger partial charge is 0.419 e. The SMILES string of the molecule is Cc1nc(NCc2cn(Cc3ccc(F)c(C(F)(F)F)c3)nn2)cc2c1NC(=O)CN2C. The van der Waals surface area contributed by atoms with Crippen LogP contribution in [0, 0.1) is 12.7 Å². The summed E-state index contributed by atoms with van der Waals surface area (Å²) in [6.07, 6.45) is -3.18. The molecule has 2 N–H and O–H groups in total. The number of likely N-dealkylation sites (N-methyl/N-ethyl adjacent to an activating group) is 1. The van der Waals surface area contributed by atoms with Gasteiger partial charge in [0.05, 0.1) is 48.5 Å². The van der Waals surface area contributed by atoms with Gasteiger partial charge >= 0.3 is 6.18 Å². The summed E-state index contributed by atoms with van der Waals surface area (Å²) in [5, 5.41) is 13.9. The number of amides is 1. The molecule has 0 spiro atoms. The fourth-order valence-corrected chi connectivity index (χ4v) is 3.43. The lowest BCUT2D eigenvalue weighted by atomic mass is 10.1. The van der Waals surface area contributed by atoms with Crippen LogP contribution in [0.25, 0.3) is 0 Å². The van der Waals surface area contributed by atoms with Gasteiger partial charge in [0.15, 0.2) is 0 Å². The number of aromatic nitrogens is 4. The van der Waals surface area contributed by atoms with Crippen LogP contribution in [-0.2, 0) is 24.1 Å².